The molecule has 0 fully saturated rings. The van der Waals surface area contributed by atoms with Gasteiger partial charge in [-0.25, -0.2) is 4.79 Å². The number of carbonyl (C=O) groups is 1. The van der Waals surface area contributed by atoms with Gasteiger partial charge in [0.2, 0.25) is 0 Å². The Morgan fingerprint density at radius 2 is 1.35 bits per heavy atom. The second-order valence-corrected chi connectivity index (χ2v) is 8.46. The number of unbranched alkanes of at least 4 members (excludes halogenated alkanes) is 6. The molecule has 31 heavy (non-hydrogen) atoms. The number of ether oxygens (including phenoxy) is 1. The van der Waals surface area contributed by atoms with Gasteiger partial charge in [0.05, 0.1) is 0 Å². The van der Waals surface area contributed by atoms with Crippen molar-refractivity contribution in [3.63, 3.8) is 0 Å². The Morgan fingerprint density at radius 1 is 0.710 bits per heavy atom. The molecule has 0 saturated carbocycles. The molecule has 0 radical (unpaired) electrons. The highest BCUT2D eigenvalue weighted by Gasteiger charge is 2.18. The molecule has 0 aromatic heterocycles. The van der Waals surface area contributed by atoms with Crippen LogP contribution in [0.15, 0.2) is 36.4 Å². The second-order valence-electron chi connectivity index (χ2n) is 8.46. The fourth-order valence-electron chi connectivity index (χ4n) is 4.40. The quantitative estimate of drug-likeness (QED) is 0.187. The van der Waals surface area contributed by atoms with Crippen LogP contribution in [0.5, 0.6) is 5.75 Å². The van der Waals surface area contributed by atoms with E-state index in [-0.39, 0.29) is 0 Å². The zero-order valence-corrected chi connectivity index (χ0v) is 19.7. The van der Waals surface area contributed by atoms with Crippen molar-refractivity contribution in [3.8, 4) is 16.9 Å². The van der Waals surface area contributed by atoms with E-state index in [2.05, 4.69) is 51.1 Å². The molecule has 2 aromatic carbocycles. The minimum Gasteiger partial charge on any atom is -0.449 e. The zero-order chi connectivity index (χ0) is 22.5. The van der Waals surface area contributed by atoms with E-state index < -0.39 is 6.16 Å². The molecule has 0 spiro atoms. The van der Waals surface area contributed by atoms with Crippen LogP contribution in [0.1, 0.15) is 95.2 Å². The summed E-state index contributed by atoms with van der Waals surface area (Å²) >= 11 is 0. The van der Waals surface area contributed by atoms with Gasteiger partial charge in [0, 0.05) is 0 Å². The maximum atomic E-state index is 11.4. The summed E-state index contributed by atoms with van der Waals surface area (Å²) in [6, 6.07) is 12.6. The van der Waals surface area contributed by atoms with Gasteiger partial charge in [-0.05, 0) is 66.0 Å². The van der Waals surface area contributed by atoms with E-state index in [1.165, 1.54) is 54.4 Å². The Hall–Kier alpha value is -2.29. The Morgan fingerprint density at radius 3 is 1.97 bits per heavy atom. The molecule has 0 bridgehead atoms. The first-order chi connectivity index (χ1) is 15.1. The van der Waals surface area contributed by atoms with Crippen LogP contribution in [0.25, 0.3) is 11.1 Å². The molecule has 0 aliphatic carbocycles. The summed E-state index contributed by atoms with van der Waals surface area (Å²) in [5.41, 5.74) is 6.28. The van der Waals surface area contributed by atoms with Crippen LogP contribution in [0.4, 0.5) is 4.79 Å². The van der Waals surface area contributed by atoms with Crippen LogP contribution < -0.4 is 4.74 Å². The summed E-state index contributed by atoms with van der Waals surface area (Å²) in [6.45, 7) is 6.65. The maximum Gasteiger partial charge on any atom is 0.511 e. The normalized spacial score (nSPS) is 10.9. The molecule has 3 heteroatoms. The van der Waals surface area contributed by atoms with Crippen molar-refractivity contribution in [2.75, 3.05) is 0 Å². The van der Waals surface area contributed by atoms with Crippen molar-refractivity contribution in [1.82, 2.24) is 0 Å². The SMILES string of the molecule is CCCCCCc1c(OC(=O)O)ccc(-c2ccccc2CCC)c1CCCCCC. The van der Waals surface area contributed by atoms with Crippen molar-refractivity contribution < 1.29 is 14.6 Å². The van der Waals surface area contributed by atoms with Crippen molar-refractivity contribution in [1.29, 1.82) is 0 Å². The van der Waals surface area contributed by atoms with Gasteiger partial charge in [-0.1, -0.05) is 96.0 Å². The molecule has 2 rings (SSSR count). The van der Waals surface area contributed by atoms with E-state index in [1.807, 2.05) is 6.07 Å². The molecule has 3 nitrogen and oxygen atoms in total. The largest absolute Gasteiger partial charge is 0.511 e. The summed E-state index contributed by atoms with van der Waals surface area (Å²) in [6.07, 6.45) is 12.1. The molecule has 1 N–H and O–H groups in total. The molecule has 0 amide bonds. The summed E-state index contributed by atoms with van der Waals surface area (Å²) in [5, 5.41) is 9.32. The lowest BCUT2D eigenvalue weighted by Crippen LogP contribution is -2.09. The topological polar surface area (TPSA) is 46.5 Å². The van der Waals surface area contributed by atoms with E-state index in [9.17, 15) is 9.90 Å². The van der Waals surface area contributed by atoms with Crippen LogP contribution >= 0.6 is 0 Å². The predicted molar refractivity (Wildman–Crippen MR) is 130 cm³/mol. The summed E-state index contributed by atoms with van der Waals surface area (Å²) in [5.74, 6) is 0.520. The molecule has 170 valence electrons. The number of hydrogen-bond donors (Lipinski definition) is 1. The van der Waals surface area contributed by atoms with Gasteiger partial charge in [-0.2, -0.15) is 0 Å². The fraction of sp³-hybridized carbons (Fsp3) is 0.536. The molecular weight excluding hydrogens is 384 g/mol. The molecule has 0 aliphatic heterocycles. The van der Waals surface area contributed by atoms with Crippen molar-refractivity contribution in [3.05, 3.63) is 53.1 Å². The van der Waals surface area contributed by atoms with Gasteiger partial charge in [-0.3, -0.25) is 0 Å². The van der Waals surface area contributed by atoms with Gasteiger partial charge < -0.3 is 9.84 Å². The molecule has 2 aromatic rings. The maximum absolute atomic E-state index is 11.4. The van der Waals surface area contributed by atoms with Gasteiger partial charge in [0.15, 0.2) is 0 Å². The third kappa shape index (κ3) is 7.72. The van der Waals surface area contributed by atoms with Gasteiger partial charge in [0.25, 0.3) is 0 Å². The molecular formula is C28H40O3. The average molecular weight is 425 g/mol. The summed E-state index contributed by atoms with van der Waals surface area (Å²) < 4.78 is 5.26. The van der Waals surface area contributed by atoms with Gasteiger partial charge >= 0.3 is 6.16 Å². The van der Waals surface area contributed by atoms with Crippen molar-refractivity contribution in [2.45, 2.75) is 97.8 Å². The number of benzene rings is 2. The van der Waals surface area contributed by atoms with Crippen LogP contribution in [-0.4, -0.2) is 11.3 Å². The van der Waals surface area contributed by atoms with Crippen LogP contribution in [-0.2, 0) is 19.3 Å². The van der Waals surface area contributed by atoms with E-state index in [4.69, 9.17) is 4.74 Å². The zero-order valence-electron chi connectivity index (χ0n) is 19.7. The minimum absolute atomic E-state index is 0.520. The minimum atomic E-state index is -1.23. The Balaban J connectivity index is 2.53. The van der Waals surface area contributed by atoms with E-state index >= 15 is 0 Å². The number of carboxylic acid groups (broad SMARTS) is 1. The number of hydrogen-bond acceptors (Lipinski definition) is 2. The standard InChI is InChI=1S/C28H40O3/c1-4-7-9-11-18-24-25(23-17-14-13-16-22(23)15-6-3)20-21-27(31-28(29)30)26(24)19-12-10-8-5-2/h13-14,16-17,20-21H,4-12,15,18-19H2,1-3H3,(H,29,30). The van der Waals surface area contributed by atoms with E-state index in [0.717, 1.165) is 50.5 Å². The van der Waals surface area contributed by atoms with Crippen LogP contribution in [0.3, 0.4) is 0 Å². The van der Waals surface area contributed by atoms with Crippen LogP contribution in [0, 0.1) is 0 Å². The summed E-state index contributed by atoms with van der Waals surface area (Å²) in [7, 11) is 0. The second kappa shape index (κ2) is 13.9. The third-order valence-electron chi connectivity index (χ3n) is 5.97. The highest BCUT2D eigenvalue weighted by Crippen LogP contribution is 2.37. The molecule has 0 unspecified atom stereocenters. The van der Waals surface area contributed by atoms with E-state index in [0.29, 0.717) is 5.75 Å². The Kier molecular flexibility index (Phi) is 11.2. The average Bonchev–Trinajstić information content (AvgIpc) is 2.76. The lowest BCUT2D eigenvalue weighted by molar-refractivity contribution is 0.144. The Bertz CT molecular complexity index is 810. The monoisotopic (exact) mass is 424 g/mol. The smallest absolute Gasteiger partial charge is 0.449 e. The predicted octanol–water partition coefficient (Wildman–Crippen LogP) is 8.61. The highest BCUT2D eigenvalue weighted by atomic mass is 16.7. The first-order valence-corrected chi connectivity index (χ1v) is 12.3. The summed E-state index contributed by atoms with van der Waals surface area (Å²) in [4.78, 5) is 11.4. The van der Waals surface area contributed by atoms with Crippen molar-refractivity contribution >= 4 is 6.16 Å². The first kappa shape index (κ1) is 25.0. The lowest BCUT2D eigenvalue weighted by Gasteiger charge is -2.20. The molecule has 0 heterocycles. The van der Waals surface area contributed by atoms with Gasteiger partial charge in [0.1, 0.15) is 5.75 Å². The fourth-order valence-corrected chi connectivity index (χ4v) is 4.40. The van der Waals surface area contributed by atoms with E-state index in [1.54, 1.807) is 0 Å². The third-order valence-corrected chi connectivity index (χ3v) is 5.97. The number of rotatable bonds is 14. The highest BCUT2D eigenvalue weighted by molar-refractivity contribution is 5.74. The molecule has 0 atom stereocenters. The Labute approximate surface area is 188 Å². The van der Waals surface area contributed by atoms with Crippen molar-refractivity contribution in [2.24, 2.45) is 0 Å². The molecule has 0 saturated heterocycles. The van der Waals surface area contributed by atoms with Crippen LogP contribution in [0.2, 0.25) is 0 Å². The lowest BCUT2D eigenvalue weighted by atomic mass is 9.86. The molecule has 0 aliphatic rings. The van der Waals surface area contributed by atoms with Gasteiger partial charge in [-0.15, -0.1) is 0 Å². The first-order valence-electron chi connectivity index (χ1n) is 12.3. The number of aryl methyl sites for hydroxylation is 1.